The van der Waals surface area contributed by atoms with Crippen LogP contribution in [0.2, 0.25) is 0 Å². The Morgan fingerprint density at radius 2 is 2.13 bits per heavy atom. The topological polar surface area (TPSA) is 80.2 Å². The molecule has 0 spiro atoms. The summed E-state index contributed by atoms with van der Waals surface area (Å²) < 4.78 is 28.0. The SMILES string of the molecule is CN/C=C(\C=N)c1cc2c(cc1C(F)F)N(c1cccc3c1N[C@H](C)CC(=O)N3)CC2. The first-order valence-corrected chi connectivity index (χ1v) is 10.2. The fourth-order valence-electron chi connectivity index (χ4n) is 4.28. The van der Waals surface area contributed by atoms with Gasteiger partial charge in [0.25, 0.3) is 6.43 Å². The van der Waals surface area contributed by atoms with Crippen LogP contribution in [0.25, 0.3) is 5.57 Å². The zero-order valence-corrected chi connectivity index (χ0v) is 17.4. The Hall–Kier alpha value is -3.42. The monoisotopic (exact) mass is 425 g/mol. The van der Waals surface area contributed by atoms with Gasteiger partial charge in [-0.2, -0.15) is 0 Å². The number of hydrogen-bond donors (Lipinski definition) is 4. The summed E-state index contributed by atoms with van der Waals surface area (Å²) >= 11 is 0. The average molecular weight is 425 g/mol. The minimum absolute atomic E-state index is 0.0506. The molecule has 0 fully saturated rings. The molecule has 6 nitrogen and oxygen atoms in total. The third-order valence-electron chi connectivity index (χ3n) is 5.64. The van der Waals surface area contributed by atoms with E-state index in [1.807, 2.05) is 30.0 Å². The molecule has 0 saturated carbocycles. The molecule has 1 amide bonds. The number of benzene rings is 2. The van der Waals surface area contributed by atoms with Crippen LogP contribution in [0.5, 0.6) is 0 Å². The van der Waals surface area contributed by atoms with Crippen LogP contribution in [0.4, 0.5) is 31.5 Å². The first-order chi connectivity index (χ1) is 14.9. The fraction of sp³-hybridized carbons (Fsp3) is 0.304. The van der Waals surface area contributed by atoms with E-state index in [2.05, 4.69) is 16.0 Å². The van der Waals surface area contributed by atoms with Gasteiger partial charge in [0.2, 0.25) is 5.91 Å². The van der Waals surface area contributed by atoms with Gasteiger partial charge in [-0.05, 0) is 48.7 Å². The number of nitrogens with one attached hydrogen (secondary N) is 4. The van der Waals surface area contributed by atoms with E-state index in [4.69, 9.17) is 5.41 Å². The molecule has 2 aliphatic rings. The lowest BCUT2D eigenvalue weighted by Crippen LogP contribution is -2.20. The van der Waals surface area contributed by atoms with Gasteiger partial charge in [0.05, 0.1) is 17.1 Å². The lowest BCUT2D eigenvalue weighted by atomic mass is 9.96. The van der Waals surface area contributed by atoms with Crippen molar-refractivity contribution in [3.63, 3.8) is 0 Å². The molecule has 0 aliphatic carbocycles. The minimum Gasteiger partial charge on any atom is -0.393 e. The third kappa shape index (κ3) is 3.85. The van der Waals surface area contributed by atoms with Crippen LogP contribution in [0.15, 0.2) is 36.5 Å². The van der Waals surface area contributed by atoms with E-state index < -0.39 is 6.43 Å². The van der Waals surface area contributed by atoms with Crippen LogP contribution in [0.3, 0.4) is 0 Å². The van der Waals surface area contributed by atoms with Crippen molar-refractivity contribution in [3.05, 3.63) is 53.2 Å². The molecule has 8 heteroatoms. The highest BCUT2D eigenvalue weighted by Crippen LogP contribution is 2.45. The number of anilines is 4. The van der Waals surface area contributed by atoms with E-state index in [0.29, 0.717) is 36.2 Å². The fourth-order valence-corrected chi connectivity index (χ4v) is 4.28. The van der Waals surface area contributed by atoms with E-state index in [1.54, 1.807) is 19.3 Å². The Bertz CT molecular complexity index is 1070. The summed E-state index contributed by atoms with van der Waals surface area (Å²) in [6, 6.07) is 8.88. The number of carbonyl (C=O) groups excluding carboxylic acids is 1. The number of allylic oxidation sites excluding steroid dienone is 1. The lowest BCUT2D eigenvalue weighted by Gasteiger charge is -2.26. The molecule has 2 aliphatic heterocycles. The largest absolute Gasteiger partial charge is 0.393 e. The summed E-state index contributed by atoms with van der Waals surface area (Å²) in [5, 5.41) is 16.8. The molecule has 2 aromatic carbocycles. The van der Waals surface area contributed by atoms with Crippen molar-refractivity contribution in [2.24, 2.45) is 0 Å². The highest BCUT2D eigenvalue weighted by Gasteiger charge is 2.29. The molecule has 0 saturated heterocycles. The van der Waals surface area contributed by atoms with Crippen molar-refractivity contribution in [2.45, 2.75) is 32.2 Å². The summed E-state index contributed by atoms with van der Waals surface area (Å²) in [5.74, 6) is -0.0576. The van der Waals surface area contributed by atoms with Crippen LogP contribution >= 0.6 is 0 Å². The van der Waals surface area contributed by atoms with Crippen molar-refractivity contribution in [1.82, 2.24) is 5.32 Å². The maximum Gasteiger partial charge on any atom is 0.264 e. The number of nitrogens with zero attached hydrogens (tertiary/aromatic N) is 1. The van der Waals surface area contributed by atoms with Gasteiger partial charge in [0.15, 0.2) is 0 Å². The Kier molecular flexibility index (Phi) is 5.63. The summed E-state index contributed by atoms with van der Waals surface area (Å²) in [6.45, 7) is 2.58. The standard InChI is InChI=1S/C23H25F2N5O/c1-13-8-21(31)29-18-4-3-5-19(22(18)28-13)30-7-6-14-9-16(15(11-26)12-27-2)17(23(24)25)10-20(14)30/h3-5,9-13,23,26-28H,6-8H2,1-2H3,(H,29,31)/b15-12+,26-11?/t13-/m1/s1. The van der Waals surface area contributed by atoms with E-state index >= 15 is 0 Å². The van der Waals surface area contributed by atoms with Gasteiger partial charge >= 0.3 is 0 Å². The summed E-state index contributed by atoms with van der Waals surface area (Å²) in [4.78, 5) is 14.1. The molecule has 0 aromatic heterocycles. The van der Waals surface area contributed by atoms with E-state index in [9.17, 15) is 13.6 Å². The molecule has 0 bridgehead atoms. The predicted octanol–water partition coefficient (Wildman–Crippen LogP) is 4.67. The zero-order chi connectivity index (χ0) is 22.1. The summed E-state index contributed by atoms with van der Waals surface area (Å²) in [5.41, 5.74) is 4.68. The molecule has 162 valence electrons. The van der Waals surface area contributed by atoms with Crippen molar-refractivity contribution < 1.29 is 13.6 Å². The molecule has 2 heterocycles. The number of amides is 1. The van der Waals surface area contributed by atoms with Crippen LogP contribution in [0.1, 0.15) is 36.5 Å². The quantitative estimate of drug-likeness (QED) is 0.525. The Balaban J connectivity index is 1.83. The number of carbonyl (C=O) groups is 1. The highest BCUT2D eigenvalue weighted by atomic mass is 19.3. The van der Waals surface area contributed by atoms with Gasteiger partial charge in [0.1, 0.15) is 0 Å². The molecule has 0 radical (unpaired) electrons. The van der Waals surface area contributed by atoms with E-state index in [1.165, 1.54) is 6.07 Å². The van der Waals surface area contributed by atoms with Crippen molar-refractivity contribution >= 4 is 40.4 Å². The Labute approximate surface area is 179 Å². The van der Waals surface area contributed by atoms with Gasteiger partial charge in [-0.25, -0.2) is 8.78 Å². The third-order valence-corrected chi connectivity index (χ3v) is 5.64. The minimum atomic E-state index is -2.67. The number of fused-ring (bicyclic) bond motifs is 2. The van der Waals surface area contributed by atoms with E-state index in [-0.39, 0.29) is 17.5 Å². The predicted molar refractivity (Wildman–Crippen MR) is 121 cm³/mol. The number of para-hydroxylation sites is 1. The van der Waals surface area contributed by atoms with Gasteiger partial charge in [-0.1, -0.05) is 6.07 Å². The van der Waals surface area contributed by atoms with Crippen LogP contribution in [0, 0.1) is 5.41 Å². The number of hydrogen-bond acceptors (Lipinski definition) is 5. The first kappa shape index (κ1) is 20.8. The average Bonchev–Trinajstić information content (AvgIpc) is 3.07. The number of alkyl halides is 2. The molecule has 1 atom stereocenters. The second-order valence-corrected chi connectivity index (χ2v) is 7.80. The van der Waals surface area contributed by atoms with Crippen LogP contribution in [-0.4, -0.2) is 31.8 Å². The number of halogens is 2. The Morgan fingerprint density at radius 3 is 2.84 bits per heavy atom. The van der Waals surface area contributed by atoms with Gasteiger partial charge < -0.3 is 26.3 Å². The van der Waals surface area contributed by atoms with Crippen molar-refractivity contribution in [3.8, 4) is 0 Å². The van der Waals surface area contributed by atoms with Gasteiger partial charge in [0, 0.05) is 55.3 Å². The van der Waals surface area contributed by atoms with Crippen LogP contribution < -0.4 is 20.9 Å². The molecule has 4 N–H and O–H groups in total. The lowest BCUT2D eigenvalue weighted by molar-refractivity contribution is -0.116. The number of rotatable bonds is 5. The van der Waals surface area contributed by atoms with Gasteiger partial charge in [-0.3, -0.25) is 4.79 Å². The highest BCUT2D eigenvalue weighted by molar-refractivity contribution is 6.09. The summed E-state index contributed by atoms with van der Waals surface area (Å²) in [6.07, 6.45) is 1.02. The van der Waals surface area contributed by atoms with Crippen molar-refractivity contribution in [2.75, 3.05) is 29.1 Å². The molecule has 0 unspecified atom stereocenters. The Morgan fingerprint density at radius 1 is 1.32 bits per heavy atom. The molecule has 31 heavy (non-hydrogen) atoms. The van der Waals surface area contributed by atoms with Crippen molar-refractivity contribution in [1.29, 1.82) is 5.41 Å². The van der Waals surface area contributed by atoms with E-state index in [0.717, 1.165) is 28.8 Å². The molecular formula is C23H25F2N5O. The molecular weight excluding hydrogens is 400 g/mol. The van der Waals surface area contributed by atoms with Gasteiger partial charge in [-0.15, -0.1) is 0 Å². The summed E-state index contributed by atoms with van der Waals surface area (Å²) in [7, 11) is 1.68. The maximum absolute atomic E-state index is 14.0. The molecule has 4 rings (SSSR count). The normalized spacial score (nSPS) is 18.1. The molecule has 2 aromatic rings. The maximum atomic E-state index is 14.0. The first-order valence-electron chi connectivity index (χ1n) is 10.2. The van der Waals surface area contributed by atoms with Crippen LogP contribution in [-0.2, 0) is 11.2 Å². The smallest absolute Gasteiger partial charge is 0.264 e. The zero-order valence-electron chi connectivity index (χ0n) is 17.4. The second-order valence-electron chi connectivity index (χ2n) is 7.80. The second kappa shape index (κ2) is 8.37.